The van der Waals surface area contributed by atoms with Crippen LogP contribution >= 0.6 is 15.9 Å². The lowest BCUT2D eigenvalue weighted by molar-refractivity contribution is 0.198. The van der Waals surface area contributed by atoms with Crippen molar-refractivity contribution in [3.63, 3.8) is 0 Å². The summed E-state index contributed by atoms with van der Waals surface area (Å²) in [5.41, 5.74) is 0.712. The van der Waals surface area contributed by atoms with Gasteiger partial charge in [0.25, 0.3) is 0 Å². The van der Waals surface area contributed by atoms with Crippen LogP contribution in [0.5, 0.6) is 0 Å². The average molecular weight is 285 g/mol. The SMILES string of the molecule is N#Cc1ccc(N2CC[C@@H](O)C2)c(F)c1Br. The quantitative estimate of drug-likeness (QED) is 0.858. The molecule has 1 aliphatic heterocycles. The zero-order valence-corrected chi connectivity index (χ0v) is 10.0. The molecular weight excluding hydrogens is 275 g/mol. The number of aliphatic hydroxyl groups is 1. The molecule has 0 amide bonds. The highest BCUT2D eigenvalue weighted by Gasteiger charge is 2.24. The lowest BCUT2D eigenvalue weighted by Crippen LogP contribution is -2.22. The first kappa shape index (κ1) is 11.4. The lowest BCUT2D eigenvalue weighted by Gasteiger charge is -2.19. The number of nitriles is 1. The number of halogens is 2. The molecule has 0 spiro atoms. The molecule has 1 N–H and O–H groups in total. The van der Waals surface area contributed by atoms with Crippen LogP contribution in [-0.4, -0.2) is 24.3 Å². The molecule has 1 aliphatic rings. The zero-order chi connectivity index (χ0) is 11.7. The molecule has 1 atom stereocenters. The van der Waals surface area contributed by atoms with Gasteiger partial charge in [-0.3, -0.25) is 0 Å². The Hall–Kier alpha value is -1.12. The zero-order valence-electron chi connectivity index (χ0n) is 8.45. The van der Waals surface area contributed by atoms with E-state index in [1.807, 2.05) is 6.07 Å². The summed E-state index contributed by atoms with van der Waals surface area (Å²) in [6.07, 6.45) is 0.255. The second-order valence-corrected chi connectivity index (χ2v) is 4.55. The van der Waals surface area contributed by atoms with Crippen LogP contribution in [0.4, 0.5) is 10.1 Å². The van der Waals surface area contributed by atoms with Gasteiger partial charge in [0.1, 0.15) is 6.07 Å². The number of anilines is 1. The summed E-state index contributed by atoms with van der Waals surface area (Å²) in [5.74, 6) is -0.437. The van der Waals surface area contributed by atoms with E-state index in [-0.39, 0.29) is 10.0 Å². The highest BCUT2D eigenvalue weighted by Crippen LogP contribution is 2.30. The van der Waals surface area contributed by atoms with Crippen molar-refractivity contribution in [1.29, 1.82) is 5.26 Å². The number of benzene rings is 1. The Bertz CT molecular complexity index is 458. The summed E-state index contributed by atoms with van der Waals surface area (Å²) < 4.78 is 14.1. The van der Waals surface area contributed by atoms with Crippen LogP contribution in [0.25, 0.3) is 0 Å². The van der Waals surface area contributed by atoms with Crippen molar-refractivity contribution in [3.8, 4) is 6.07 Å². The summed E-state index contributed by atoms with van der Waals surface area (Å²) in [6, 6.07) is 5.06. The Labute approximate surface area is 101 Å². The number of β-amino-alcohol motifs (C(OH)–C–C–N with tert-alkyl or cyclic N) is 1. The van der Waals surface area contributed by atoms with Gasteiger partial charge in [0.15, 0.2) is 5.82 Å². The molecule has 84 valence electrons. The Morgan fingerprint density at radius 2 is 2.31 bits per heavy atom. The number of aliphatic hydroxyl groups excluding tert-OH is 1. The Kier molecular flexibility index (Phi) is 3.13. The molecule has 2 rings (SSSR count). The first-order valence-electron chi connectivity index (χ1n) is 4.94. The molecule has 1 saturated heterocycles. The van der Waals surface area contributed by atoms with Crippen LogP contribution in [0.3, 0.4) is 0 Å². The van der Waals surface area contributed by atoms with E-state index in [9.17, 15) is 9.50 Å². The summed E-state index contributed by atoms with van der Waals surface area (Å²) >= 11 is 3.07. The van der Waals surface area contributed by atoms with Crippen molar-refractivity contribution in [1.82, 2.24) is 0 Å². The predicted octanol–water partition coefficient (Wildman–Crippen LogP) is 2.03. The first-order valence-corrected chi connectivity index (χ1v) is 5.74. The summed E-state index contributed by atoms with van der Waals surface area (Å²) in [4.78, 5) is 1.78. The third kappa shape index (κ3) is 1.91. The number of hydrogen-bond donors (Lipinski definition) is 1. The van der Waals surface area contributed by atoms with Crippen LogP contribution in [0, 0.1) is 17.1 Å². The maximum Gasteiger partial charge on any atom is 0.161 e. The largest absolute Gasteiger partial charge is 0.391 e. The number of hydrogen-bond acceptors (Lipinski definition) is 3. The summed E-state index contributed by atoms with van der Waals surface area (Å²) in [5, 5.41) is 18.1. The highest BCUT2D eigenvalue weighted by atomic mass is 79.9. The number of nitrogens with zero attached hydrogens (tertiary/aromatic N) is 2. The third-order valence-electron chi connectivity index (χ3n) is 2.69. The Balaban J connectivity index is 2.37. The third-order valence-corrected chi connectivity index (χ3v) is 3.46. The van der Waals surface area contributed by atoms with Crippen molar-refractivity contribution in [2.24, 2.45) is 0 Å². The van der Waals surface area contributed by atoms with Gasteiger partial charge in [0.2, 0.25) is 0 Å². The van der Waals surface area contributed by atoms with Crippen LogP contribution in [0.1, 0.15) is 12.0 Å². The van der Waals surface area contributed by atoms with E-state index in [1.54, 1.807) is 17.0 Å². The van der Waals surface area contributed by atoms with Crippen molar-refractivity contribution in [3.05, 3.63) is 28.0 Å². The average Bonchev–Trinajstić information content (AvgIpc) is 2.69. The van der Waals surface area contributed by atoms with Crippen molar-refractivity contribution >= 4 is 21.6 Å². The van der Waals surface area contributed by atoms with Gasteiger partial charge in [0, 0.05) is 13.1 Å². The first-order chi connectivity index (χ1) is 7.63. The molecule has 1 fully saturated rings. The number of rotatable bonds is 1. The minimum Gasteiger partial charge on any atom is -0.391 e. The van der Waals surface area contributed by atoms with E-state index in [0.717, 1.165) is 0 Å². The van der Waals surface area contributed by atoms with E-state index < -0.39 is 11.9 Å². The maximum absolute atomic E-state index is 13.9. The van der Waals surface area contributed by atoms with Crippen LogP contribution < -0.4 is 4.90 Å². The molecule has 1 aromatic carbocycles. The second-order valence-electron chi connectivity index (χ2n) is 3.76. The molecule has 0 aromatic heterocycles. The Morgan fingerprint density at radius 3 is 2.88 bits per heavy atom. The van der Waals surface area contributed by atoms with Crippen molar-refractivity contribution in [2.45, 2.75) is 12.5 Å². The van der Waals surface area contributed by atoms with Gasteiger partial charge in [-0.25, -0.2) is 4.39 Å². The Morgan fingerprint density at radius 1 is 1.56 bits per heavy atom. The van der Waals surface area contributed by atoms with E-state index in [0.29, 0.717) is 25.2 Å². The van der Waals surface area contributed by atoms with Crippen LogP contribution in [-0.2, 0) is 0 Å². The second kappa shape index (κ2) is 4.40. The standard InChI is InChI=1S/C11H10BrFN2O/c12-10-7(5-14)1-2-9(11(10)13)15-4-3-8(16)6-15/h1-2,8,16H,3-4,6H2/t8-/m1/s1. The molecule has 0 bridgehead atoms. The molecule has 0 aliphatic carbocycles. The van der Waals surface area contributed by atoms with E-state index >= 15 is 0 Å². The molecule has 0 unspecified atom stereocenters. The molecule has 5 heteroatoms. The molecule has 3 nitrogen and oxygen atoms in total. The van der Waals surface area contributed by atoms with Gasteiger partial charge >= 0.3 is 0 Å². The molecule has 16 heavy (non-hydrogen) atoms. The van der Waals surface area contributed by atoms with E-state index in [2.05, 4.69) is 15.9 Å². The summed E-state index contributed by atoms with van der Waals surface area (Å²) in [7, 11) is 0. The van der Waals surface area contributed by atoms with E-state index in [4.69, 9.17) is 5.26 Å². The van der Waals surface area contributed by atoms with Crippen molar-refractivity contribution < 1.29 is 9.50 Å². The van der Waals surface area contributed by atoms with Gasteiger partial charge in [-0.2, -0.15) is 5.26 Å². The molecule has 0 saturated carbocycles. The van der Waals surface area contributed by atoms with Crippen molar-refractivity contribution in [2.75, 3.05) is 18.0 Å². The van der Waals surface area contributed by atoms with Gasteiger partial charge in [-0.15, -0.1) is 0 Å². The summed E-state index contributed by atoms with van der Waals surface area (Å²) in [6.45, 7) is 1.08. The minimum atomic E-state index is -0.437. The fraction of sp³-hybridized carbons (Fsp3) is 0.364. The van der Waals surface area contributed by atoms with E-state index in [1.165, 1.54) is 0 Å². The molecule has 1 heterocycles. The highest BCUT2D eigenvalue weighted by molar-refractivity contribution is 9.10. The van der Waals surface area contributed by atoms with Crippen LogP contribution in [0.15, 0.2) is 16.6 Å². The lowest BCUT2D eigenvalue weighted by atomic mass is 10.2. The van der Waals surface area contributed by atoms with Gasteiger partial charge < -0.3 is 10.0 Å². The van der Waals surface area contributed by atoms with Crippen LogP contribution in [0.2, 0.25) is 0 Å². The minimum absolute atomic E-state index is 0.189. The monoisotopic (exact) mass is 284 g/mol. The molecule has 1 aromatic rings. The fourth-order valence-electron chi connectivity index (χ4n) is 1.83. The van der Waals surface area contributed by atoms with Gasteiger partial charge in [-0.05, 0) is 34.5 Å². The normalized spacial score (nSPS) is 19.9. The molecule has 0 radical (unpaired) electrons. The topological polar surface area (TPSA) is 47.3 Å². The smallest absolute Gasteiger partial charge is 0.161 e. The maximum atomic E-state index is 13.9. The van der Waals surface area contributed by atoms with Gasteiger partial charge in [-0.1, -0.05) is 0 Å². The molecular formula is C11H10BrFN2O. The predicted molar refractivity (Wildman–Crippen MR) is 61.7 cm³/mol. The van der Waals surface area contributed by atoms with Gasteiger partial charge in [0.05, 0.1) is 21.8 Å². The fourth-order valence-corrected chi connectivity index (χ4v) is 2.25.